The highest BCUT2D eigenvalue weighted by molar-refractivity contribution is 7.19. The predicted molar refractivity (Wildman–Crippen MR) is 127 cm³/mol. The van der Waals surface area contributed by atoms with Crippen LogP contribution in [0.1, 0.15) is 41.5 Å². The van der Waals surface area contributed by atoms with Gasteiger partial charge in [0.1, 0.15) is 5.00 Å². The second-order valence-electron chi connectivity index (χ2n) is 7.04. The number of carbonyl (C=O) groups excluding carboxylic acids is 3. The Morgan fingerprint density at radius 2 is 1.55 bits per heavy atom. The normalized spacial score (nSPS) is 10.3. The lowest BCUT2D eigenvalue weighted by atomic mass is 10.1. The molecule has 172 valence electrons. The van der Waals surface area contributed by atoms with E-state index in [1.165, 1.54) is 27.4 Å². The van der Waals surface area contributed by atoms with Crippen LogP contribution in [0.4, 0.5) is 10.7 Å². The number of esters is 1. The van der Waals surface area contributed by atoms with E-state index < -0.39 is 11.9 Å². The highest BCUT2D eigenvalue weighted by atomic mass is 32.1. The lowest BCUT2D eigenvalue weighted by molar-refractivity contribution is 0.0601. The van der Waals surface area contributed by atoms with Crippen molar-refractivity contribution in [3.8, 4) is 11.5 Å². The molecule has 0 saturated carbocycles. The van der Waals surface area contributed by atoms with Gasteiger partial charge < -0.3 is 24.8 Å². The quantitative estimate of drug-likeness (QED) is 0.489. The Morgan fingerprint density at radius 3 is 2.18 bits per heavy atom. The maximum absolute atomic E-state index is 13.0. The summed E-state index contributed by atoms with van der Waals surface area (Å²) in [4.78, 5) is 38.7. The zero-order chi connectivity index (χ0) is 24.1. The van der Waals surface area contributed by atoms with Crippen molar-refractivity contribution in [2.75, 3.05) is 32.0 Å². The number of ether oxygens (including phenoxy) is 3. The van der Waals surface area contributed by atoms with Gasteiger partial charge in [-0.3, -0.25) is 9.59 Å². The molecule has 8 nitrogen and oxygen atoms in total. The number of carbonyl (C=O) groups is 3. The minimum atomic E-state index is -0.652. The molecule has 0 unspecified atom stereocenters. The van der Waals surface area contributed by atoms with Crippen LogP contribution in [0.25, 0.3) is 0 Å². The fraction of sp³-hybridized carbons (Fsp3) is 0.208. The maximum atomic E-state index is 13.0. The van der Waals surface area contributed by atoms with E-state index in [4.69, 9.17) is 14.2 Å². The molecule has 0 aliphatic carbocycles. The minimum Gasteiger partial charge on any atom is -0.493 e. The molecule has 0 aliphatic rings. The van der Waals surface area contributed by atoms with Gasteiger partial charge in [0.25, 0.3) is 11.8 Å². The van der Waals surface area contributed by atoms with E-state index in [1.807, 2.05) is 25.1 Å². The number of amides is 2. The Balaban J connectivity index is 1.95. The number of nitrogens with one attached hydrogen (secondary N) is 2. The predicted octanol–water partition coefficient (Wildman–Crippen LogP) is 4.67. The Kier molecular flexibility index (Phi) is 7.34. The van der Waals surface area contributed by atoms with Crippen molar-refractivity contribution in [3.05, 3.63) is 69.6 Å². The van der Waals surface area contributed by atoms with Crippen LogP contribution in [0.3, 0.4) is 0 Å². The molecule has 3 aromatic rings. The maximum Gasteiger partial charge on any atom is 0.341 e. The van der Waals surface area contributed by atoms with Crippen molar-refractivity contribution in [1.82, 2.24) is 0 Å². The Morgan fingerprint density at radius 1 is 0.848 bits per heavy atom. The first-order valence-electron chi connectivity index (χ1n) is 9.92. The Bertz CT molecular complexity index is 1220. The van der Waals surface area contributed by atoms with Crippen LogP contribution in [0, 0.1) is 13.8 Å². The van der Waals surface area contributed by atoms with Crippen LogP contribution in [0.15, 0.2) is 42.5 Å². The number of para-hydroxylation sites is 1. The molecule has 9 heteroatoms. The van der Waals surface area contributed by atoms with Gasteiger partial charge in [0.05, 0.1) is 31.8 Å². The number of anilines is 2. The van der Waals surface area contributed by atoms with E-state index in [0.29, 0.717) is 33.2 Å². The fourth-order valence-electron chi connectivity index (χ4n) is 3.21. The third kappa shape index (κ3) is 4.98. The molecule has 2 aromatic carbocycles. The monoisotopic (exact) mass is 468 g/mol. The van der Waals surface area contributed by atoms with Gasteiger partial charge in [0.15, 0.2) is 11.5 Å². The molecule has 1 aromatic heterocycles. The number of thiophene rings is 1. The van der Waals surface area contributed by atoms with Crippen molar-refractivity contribution < 1.29 is 28.6 Å². The zero-order valence-corrected chi connectivity index (χ0v) is 19.7. The summed E-state index contributed by atoms with van der Waals surface area (Å²) in [5.74, 6) is -0.650. The molecule has 0 aliphatic heterocycles. The third-order valence-corrected chi connectivity index (χ3v) is 6.21. The highest BCUT2D eigenvalue weighted by Gasteiger charge is 2.27. The molecule has 2 N–H and O–H groups in total. The Hall–Kier alpha value is -3.85. The average molecular weight is 469 g/mol. The van der Waals surface area contributed by atoms with Crippen molar-refractivity contribution in [2.24, 2.45) is 0 Å². The van der Waals surface area contributed by atoms with Crippen LogP contribution in [0.5, 0.6) is 11.5 Å². The minimum absolute atomic E-state index is 0.131. The molecule has 1 heterocycles. The van der Waals surface area contributed by atoms with Crippen molar-refractivity contribution in [3.63, 3.8) is 0 Å². The summed E-state index contributed by atoms with van der Waals surface area (Å²) in [7, 11) is 4.21. The van der Waals surface area contributed by atoms with Gasteiger partial charge in [-0.05, 0) is 49.2 Å². The van der Waals surface area contributed by atoms with Gasteiger partial charge in [-0.1, -0.05) is 18.2 Å². The summed E-state index contributed by atoms with van der Waals surface area (Å²) in [6.07, 6.45) is 0. The second-order valence-corrected chi connectivity index (χ2v) is 8.07. The summed E-state index contributed by atoms with van der Waals surface area (Å²) < 4.78 is 15.3. The fourth-order valence-corrected chi connectivity index (χ4v) is 4.30. The third-order valence-electron chi connectivity index (χ3n) is 5.01. The molecule has 0 spiro atoms. The van der Waals surface area contributed by atoms with Crippen molar-refractivity contribution >= 4 is 39.8 Å². The van der Waals surface area contributed by atoms with Gasteiger partial charge in [-0.15, -0.1) is 11.3 Å². The number of rotatable bonds is 7. The van der Waals surface area contributed by atoms with E-state index in [0.717, 1.165) is 16.9 Å². The molecule has 33 heavy (non-hydrogen) atoms. The molecule has 0 fully saturated rings. The lowest BCUT2D eigenvalue weighted by Gasteiger charge is -2.10. The summed E-state index contributed by atoms with van der Waals surface area (Å²) in [6, 6.07) is 12.1. The van der Waals surface area contributed by atoms with E-state index in [2.05, 4.69) is 10.6 Å². The standard InChI is InChI=1S/C24H24N2O6S/c1-13-8-6-7-9-16(13)25-22(28)20-14(2)19(24(29)32-5)23(33-20)26-21(27)15-10-11-17(30-3)18(12-15)31-4/h6-12H,1-5H3,(H,25,28)(H,26,27). The summed E-state index contributed by atoms with van der Waals surface area (Å²) >= 11 is 1.00. The van der Waals surface area contributed by atoms with Gasteiger partial charge in [-0.2, -0.15) is 0 Å². The first kappa shape index (κ1) is 23.8. The number of aryl methyl sites for hydroxylation is 1. The number of methoxy groups -OCH3 is 3. The van der Waals surface area contributed by atoms with Crippen LogP contribution in [-0.2, 0) is 4.74 Å². The van der Waals surface area contributed by atoms with E-state index in [-0.39, 0.29) is 16.5 Å². The van der Waals surface area contributed by atoms with Crippen LogP contribution >= 0.6 is 11.3 Å². The Labute approximate surface area is 195 Å². The topological polar surface area (TPSA) is 103 Å². The van der Waals surface area contributed by atoms with Crippen LogP contribution in [0.2, 0.25) is 0 Å². The number of hydrogen-bond acceptors (Lipinski definition) is 7. The zero-order valence-electron chi connectivity index (χ0n) is 18.9. The largest absolute Gasteiger partial charge is 0.493 e. The van der Waals surface area contributed by atoms with Crippen molar-refractivity contribution in [2.45, 2.75) is 13.8 Å². The number of hydrogen-bond donors (Lipinski definition) is 2. The van der Waals surface area contributed by atoms with E-state index in [1.54, 1.807) is 25.1 Å². The van der Waals surface area contributed by atoms with Gasteiger partial charge in [-0.25, -0.2) is 4.79 Å². The molecular formula is C24H24N2O6S. The summed E-state index contributed by atoms with van der Waals surface area (Å²) in [5, 5.41) is 5.80. The highest BCUT2D eigenvalue weighted by Crippen LogP contribution is 2.35. The van der Waals surface area contributed by atoms with Gasteiger partial charge in [0, 0.05) is 11.3 Å². The van der Waals surface area contributed by atoms with Crippen molar-refractivity contribution in [1.29, 1.82) is 0 Å². The lowest BCUT2D eigenvalue weighted by Crippen LogP contribution is -2.14. The molecule has 3 rings (SSSR count). The van der Waals surface area contributed by atoms with E-state index >= 15 is 0 Å². The van der Waals surface area contributed by atoms with Crippen LogP contribution in [-0.4, -0.2) is 39.1 Å². The molecule has 0 saturated heterocycles. The van der Waals surface area contributed by atoms with Gasteiger partial charge in [0.2, 0.25) is 0 Å². The smallest absolute Gasteiger partial charge is 0.341 e. The molecule has 0 radical (unpaired) electrons. The SMILES string of the molecule is COC(=O)c1c(NC(=O)c2ccc(OC)c(OC)c2)sc(C(=O)Nc2ccccc2C)c1C. The number of benzene rings is 2. The molecule has 0 bridgehead atoms. The first-order valence-corrected chi connectivity index (χ1v) is 10.7. The van der Waals surface area contributed by atoms with Gasteiger partial charge >= 0.3 is 5.97 Å². The summed E-state index contributed by atoms with van der Waals surface area (Å²) in [6.45, 7) is 3.52. The summed E-state index contributed by atoms with van der Waals surface area (Å²) in [5.41, 5.74) is 2.40. The molecule has 2 amide bonds. The molecular weight excluding hydrogens is 444 g/mol. The first-order chi connectivity index (χ1) is 15.8. The second kappa shape index (κ2) is 10.2. The van der Waals surface area contributed by atoms with Crippen LogP contribution < -0.4 is 20.1 Å². The van der Waals surface area contributed by atoms with E-state index in [9.17, 15) is 14.4 Å². The molecule has 0 atom stereocenters. The average Bonchev–Trinajstić information content (AvgIpc) is 3.15.